The third-order valence-corrected chi connectivity index (χ3v) is 4.02. The number of carboxylic acids is 2. The van der Waals surface area contributed by atoms with Crippen LogP contribution in [0.1, 0.15) is 20.7 Å². The number of benzene rings is 4. The minimum absolute atomic E-state index is 0. The molecule has 0 spiro atoms. The largest absolute Gasteiger partial charge is 2.00 e. The van der Waals surface area contributed by atoms with Crippen molar-refractivity contribution in [3.8, 4) is 0 Å². The Labute approximate surface area is 175 Å². The fraction of sp³-hybridized carbons (Fsp3) is 0. The monoisotopic (exact) mass is 434 g/mol. The van der Waals surface area contributed by atoms with Gasteiger partial charge in [-0.05, 0) is 21.5 Å². The molecule has 0 aliphatic carbocycles. The Bertz CT molecular complexity index is 1010. The number of aromatic carboxylic acids is 2. The minimum Gasteiger partial charge on any atom is -0.545 e. The van der Waals surface area contributed by atoms with E-state index in [4.69, 9.17) is 0 Å². The summed E-state index contributed by atoms with van der Waals surface area (Å²) in [5.74, 6) is -2.26. The molecule has 0 radical (unpaired) electrons. The Morgan fingerprint density at radius 3 is 1.21 bits per heavy atom. The van der Waals surface area contributed by atoms with Gasteiger partial charge in [0.05, 0.1) is 11.9 Å². The minimum atomic E-state index is -1.13. The second-order valence-corrected chi connectivity index (χ2v) is 5.63. The molecule has 6 heteroatoms. The molecule has 0 aromatic heterocycles. The summed E-state index contributed by atoms with van der Waals surface area (Å²) < 4.78 is 0. The predicted molar refractivity (Wildman–Crippen MR) is 108 cm³/mol. The molecule has 0 saturated heterocycles. The van der Waals surface area contributed by atoms with E-state index < -0.39 is 11.9 Å². The van der Waals surface area contributed by atoms with Crippen molar-refractivity contribution in [3.05, 3.63) is 96.1 Å². The van der Waals surface area contributed by atoms with Gasteiger partial charge >= 0.3 is 16.5 Å². The third-order valence-electron chi connectivity index (χ3n) is 4.02. The summed E-state index contributed by atoms with van der Waals surface area (Å²) in [5, 5.41) is 24.7. The van der Waals surface area contributed by atoms with Crippen LogP contribution in [-0.2, 0) is 16.5 Å². The number of carbonyl (C=O) groups excluding carboxylic acids is 2. The quantitative estimate of drug-likeness (QED) is 0.358. The Balaban J connectivity index is 0.000000261. The molecule has 1 atom stereocenters. The van der Waals surface area contributed by atoms with Crippen LogP contribution in [0.5, 0.6) is 0 Å². The first-order chi connectivity index (χ1) is 12.6. The summed E-state index contributed by atoms with van der Waals surface area (Å²) in [6, 6.07) is 25.0. The van der Waals surface area contributed by atoms with Crippen molar-refractivity contribution in [2.24, 2.45) is 0 Å². The Hall–Kier alpha value is -2.74. The zero-order chi connectivity index (χ0) is 18.5. The van der Waals surface area contributed by atoms with Crippen LogP contribution in [0.2, 0.25) is 0 Å². The van der Waals surface area contributed by atoms with Gasteiger partial charge in [-0.15, -0.1) is 0 Å². The molecular formula is C22H17NiO4P. The molecule has 4 aromatic carbocycles. The van der Waals surface area contributed by atoms with Crippen LogP contribution >= 0.6 is 9.90 Å². The number of rotatable bonds is 2. The second kappa shape index (κ2) is 10.6. The molecule has 0 fully saturated rings. The van der Waals surface area contributed by atoms with Gasteiger partial charge in [0.2, 0.25) is 0 Å². The average molecular weight is 435 g/mol. The van der Waals surface area contributed by atoms with Crippen molar-refractivity contribution in [2.45, 2.75) is 0 Å². The van der Waals surface area contributed by atoms with Gasteiger partial charge in [0.25, 0.3) is 0 Å². The van der Waals surface area contributed by atoms with Gasteiger partial charge in [0.1, 0.15) is 0 Å². The van der Waals surface area contributed by atoms with Crippen LogP contribution in [0.4, 0.5) is 0 Å². The van der Waals surface area contributed by atoms with Crippen LogP contribution < -0.4 is 10.2 Å². The standard InChI is InChI=1S/2C11H8O2.Ni.H3P/c2*12-11(13)10-7-3-5-8-4-1-2-6-9(8)10;;/h2*1-7H,(H,12,13);;1H3/q;;+2;/p-2. The molecule has 0 aliphatic heterocycles. The summed E-state index contributed by atoms with van der Waals surface area (Å²) in [7, 11) is 0. The molecule has 0 saturated carbocycles. The smallest absolute Gasteiger partial charge is 0.545 e. The van der Waals surface area contributed by atoms with Crippen LogP contribution in [0.15, 0.2) is 84.9 Å². The Morgan fingerprint density at radius 2 is 0.857 bits per heavy atom. The van der Waals surface area contributed by atoms with Gasteiger partial charge in [-0.3, -0.25) is 0 Å². The van der Waals surface area contributed by atoms with E-state index in [0.29, 0.717) is 0 Å². The third kappa shape index (κ3) is 5.16. The molecule has 1 unspecified atom stereocenters. The maximum absolute atomic E-state index is 10.7. The predicted octanol–water partition coefficient (Wildman–Crippen LogP) is 2.46. The van der Waals surface area contributed by atoms with Crippen LogP contribution in [0.3, 0.4) is 0 Å². The topological polar surface area (TPSA) is 80.3 Å². The molecular weight excluding hydrogens is 418 g/mol. The summed E-state index contributed by atoms with van der Waals surface area (Å²) in [6.07, 6.45) is 0. The first-order valence-corrected chi connectivity index (χ1v) is 7.96. The van der Waals surface area contributed by atoms with E-state index in [1.165, 1.54) is 0 Å². The number of fused-ring (bicyclic) bond motifs is 2. The molecule has 144 valence electrons. The molecule has 4 nitrogen and oxygen atoms in total. The second-order valence-electron chi connectivity index (χ2n) is 5.63. The number of hydrogen-bond acceptors (Lipinski definition) is 4. The fourth-order valence-corrected chi connectivity index (χ4v) is 2.81. The van der Waals surface area contributed by atoms with Gasteiger partial charge in [0.15, 0.2) is 0 Å². The summed E-state index contributed by atoms with van der Waals surface area (Å²) in [5.41, 5.74) is 0.496. The summed E-state index contributed by atoms with van der Waals surface area (Å²) >= 11 is 0. The van der Waals surface area contributed by atoms with Crippen molar-refractivity contribution >= 4 is 43.4 Å². The molecule has 28 heavy (non-hydrogen) atoms. The van der Waals surface area contributed by atoms with Crippen LogP contribution in [0, 0.1) is 0 Å². The van der Waals surface area contributed by atoms with E-state index >= 15 is 0 Å². The van der Waals surface area contributed by atoms with Crippen molar-refractivity contribution < 1.29 is 36.3 Å². The van der Waals surface area contributed by atoms with E-state index in [0.717, 1.165) is 21.5 Å². The first kappa shape index (κ1) is 23.3. The summed E-state index contributed by atoms with van der Waals surface area (Å²) in [4.78, 5) is 21.4. The van der Waals surface area contributed by atoms with Crippen LogP contribution in [0.25, 0.3) is 21.5 Å². The SMILES string of the molecule is O=C([O-])c1cccc2ccccc12.O=C([O-])c1cccc2ccccc12.P.[Ni+2]. The van der Waals surface area contributed by atoms with E-state index in [2.05, 4.69) is 0 Å². The Kier molecular flexibility index (Phi) is 8.79. The zero-order valence-electron chi connectivity index (χ0n) is 14.7. The van der Waals surface area contributed by atoms with Crippen molar-refractivity contribution in [1.82, 2.24) is 0 Å². The van der Waals surface area contributed by atoms with Crippen LogP contribution in [-0.4, -0.2) is 11.9 Å². The van der Waals surface area contributed by atoms with E-state index in [9.17, 15) is 19.8 Å². The fourth-order valence-electron chi connectivity index (χ4n) is 2.81. The van der Waals surface area contributed by atoms with Gasteiger partial charge in [0, 0.05) is 11.1 Å². The molecule has 4 aromatic rings. The molecule has 0 aliphatic rings. The number of hydrogen-bond donors (Lipinski definition) is 0. The van der Waals surface area contributed by atoms with Gasteiger partial charge in [-0.25, -0.2) is 0 Å². The number of carbonyl (C=O) groups is 2. The van der Waals surface area contributed by atoms with E-state index in [-0.39, 0.29) is 37.5 Å². The molecule has 0 amide bonds. The Morgan fingerprint density at radius 1 is 0.536 bits per heavy atom. The normalized spacial score (nSPS) is 9.43. The maximum Gasteiger partial charge on any atom is 2.00 e. The zero-order valence-corrected chi connectivity index (χ0v) is 17.1. The molecule has 0 heterocycles. The number of carboxylic acid groups (broad SMARTS) is 2. The van der Waals surface area contributed by atoms with Crippen molar-refractivity contribution in [2.75, 3.05) is 0 Å². The first-order valence-electron chi connectivity index (χ1n) is 7.96. The van der Waals surface area contributed by atoms with Gasteiger partial charge in [-0.1, -0.05) is 84.9 Å². The molecule has 0 bridgehead atoms. The summed E-state index contributed by atoms with van der Waals surface area (Å²) in [6.45, 7) is 0. The van der Waals surface area contributed by atoms with Crippen molar-refractivity contribution in [1.29, 1.82) is 0 Å². The average Bonchev–Trinajstić information content (AvgIpc) is 2.67. The van der Waals surface area contributed by atoms with Gasteiger partial charge in [-0.2, -0.15) is 9.90 Å². The van der Waals surface area contributed by atoms with Crippen molar-refractivity contribution in [3.63, 3.8) is 0 Å². The van der Waals surface area contributed by atoms with Gasteiger partial charge < -0.3 is 19.8 Å². The molecule has 4 rings (SSSR count). The van der Waals surface area contributed by atoms with E-state index in [1.54, 1.807) is 36.4 Å². The van der Waals surface area contributed by atoms with E-state index in [1.807, 2.05) is 48.5 Å². The maximum atomic E-state index is 10.7. The molecule has 0 N–H and O–H groups in total.